The maximum Gasteiger partial charge on any atom is 0.238 e. The number of amides is 1. The molecule has 2 bridgehead atoms. The summed E-state index contributed by atoms with van der Waals surface area (Å²) >= 11 is 0. The molecule has 4 atom stereocenters. The van der Waals surface area contributed by atoms with Gasteiger partial charge in [0.15, 0.2) is 0 Å². The molecule has 0 radical (unpaired) electrons. The van der Waals surface area contributed by atoms with E-state index in [2.05, 4.69) is 25.3 Å². The van der Waals surface area contributed by atoms with Crippen LogP contribution in [0.4, 0.5) is 0 Å². The average Bonchev–Trinajstić information content (AvgIpc) is 2.96. The van der Waals surface area contributed by atoms with Crippen LogP contribution in [0.3, 0.4) is 0 Å². The van der Waals surface area contributed by atoms with Gasteiger partial charge in [-0.3, -0.25) is 14.6 Å². The smallest absolute Gasteiger partial charge is 0.238 e. The van der Waals surface area contributed by atoms with E-state index >= 15 is 0 Å². The van der Waals surface area contributed by atoms with Crippen molar-refractivity contribution in [1.82, 2.24) is 25.3 Å². The summed E-state index contributed by atoms with van der Waals surface area (Å²) in [4.78, 5) is 21.8. The molecule has 4 unspecified atom stereocenters. The van der Waals surface area contributed by atoms with Crippen molar-refractivity contribution in [1.29, 1.82) is 0 Å². The fourth-order valence-electron chi connectivity index (χ4n) is 3.69. The minimum atomic E-state index is -0.0407. The van der Waals surface area contributed by atoms with Crippen LogP contribution in [-0.4, -0.2) is 71.2 Å². The molecule has 3 aliphatic heterocycles. The molecule has 3 fully saturated rings. The molecule has 7 nitrogen and oxygen atoms in total. The Bertz CT molecular complexity index is 743. The van der Waals surface area contributed by atoms with Gasteiger partial charge < -0.3 is 9.84 Å². The molecule has 3 aliphatic rings. The summed E-state index contributed by atoms with van der Waals surface area (Å²) in [6, 6.07) is 9.70. The van der Waals surface area contributed by atoms with E-state index < -0.39 is 0 Å². The molecule has 7 heteroatoms. The average molecular weight is 355 g/mol. The molecule has 1 aromatic heterocycles. The molecule has 138 valence electrons. The number of fused-ring (bicyclic) bond motifs is 4. The second-order valence-electron chi connectivity index (χ2n) is 7.17. The molecule has 3 saturated heterocycles. The molecule has 26 heavy (non-hydrogen) atoms. The molecule has 0 saturated carbocycles. The zero-order valence-electron chi connectivity index (χ0n) is 15.1. The van der Waals surface area contributed by atoms with Crippen molar-refractivity contribution in [3.63, 3.8) is 0 Å². The zero-order valence-corrected chi connectivity index (χ0v) is 15.1. The second-order valence-corrected chi connectivity index (χ2v) is 7.17. The highest BCUT2D eigenvalue weighted by molar-refractivity contribution is 5.82. The van der Waals surface area contributed by atoms with Crippen LogP contribution in [0.1, 0.15) is 25.2 Å². The number of nitrogens with one attached hydrogen (secondary N) is 1. The van der Waals surface area contributed by atoms with Gasteiger partial charge in [0.05, 0.1) is 5.92 Å². The Morgan fingerprint density at radius 2 is 2.12 bits per heavy atom. The molecular weight excluding hydrogens is 330 g/mol. The van der Waals surface area contributed by atoms with Gasteiger partial charge in [0.1, 0.15) is 6.04 Å². The van der Waals surface area contributed by atoms with Crippen molar-refractivity contribution in [3.8, 4) is 11.4 Å². The Balaban J connectivity index is 1.34. The third kappa shape index (κ3) is 3.64. The van der Waals surface area contributed by atoms with E-state index in [1.807, 2.05) is 37.3 Å². The Morgan fingerprint density at radius 1 is 1.27 bits per heavy atom. The third-order valence-corrected chi connectivity index (χ3v) is 5.28. The first kappa shape index (κ1) is 17.2. The monoisotopic (exact) mass is 355 g/mol. The van der Waals surface area contributed by atoms with Crippen molar-refractivity contribution >= 4 is 5.91 Å². The molecule has 1 amide bonds. The van der Waals surface area contributed by atoms with Gasteiger partial charge in [-0.25, -0.2) is 0 Å². The van der Waals surface area contributed by atoms with Crippen molar-refractivity contribution in [3.05, 3.63) is 36.2 Å². The maximum atomic E-state index is 12.7. The van der Waals surface area contributed by atoms with Crippen LogP contribution in [0, 0.1) is 0 Å². The van der Waals surface area contributed by atoms with Gasteiger partial charge in [-0.1, -0.05) is 42.4 Å². The van der Waals surface area contributed by atoms with E-state index in [0.29, 0.717) is 18.3 Å². The van der Waals surface area contributed by atoms with E-state index in [-0.39, 0.29) is 17.9 Å². The SMILES string of the molecule is CC(CNC(=O)C1CN2CCCN1CC2)c1nc(-c2ccccc2)no1. The van der Waals surface area contributed by atoms with E-state index in [9.17, 15) is 4.79 Å². The highest BCUT2D eigenvalue weighted by Crippen LogP contribution is 2.20. The summed E-state index contributed by atoms with van der Waals surface area (Å²) in [6.07, 6.45) is 1.14. The number of hydrogen-bond acceptors (Lipinski definition) is 6. The lowest BCUT2D eigenvalue weighted by Gasteiger charge is -2.36. The Hall–Kier alpha value is -2.25. The predicted molar refractivity (Wildman–Crippen MR) is 97.6 cm³/mol. The summed E-state index contributed by atoms with van der Waals surface area (Å²) in [7, 11) is 0. The first-order valence-corrected chi connectivity index (χ1v) is 9.34. The fourth-order valence-corrected chi connectivity index (χ4v) is 3.69. The summed E-state index contributed by atoms with van der Waals surface area (Å²) in [5.74, 6) is 1.21. The van der Waals surface area contributed by atoms with Crippen LogP contribution in [-0.2, 0) is 4.79 Å². The van der Waals surface area contributed by atoms with Crippen LogP contribution in [0.25, 0.3) is 11.4 Å². The highest BCUT2D eigenvalue weighted by atomic mass is 16.5. The highest BCUT2D eigenvalue weighted by Gasteiger charge is 2.34. The maximum absolute atomic E-state index is 12.7. The normalized spacial score (nSPS) is 26.3. The summed E-state index contributed by atoms with van der Waals surface area (Å²) in [6.45, 7) is 7.49. The van der Waals surface area contributed by atoms with Crippen molar-refractivity contribution in [2.75, 3.05) is 39.3 Å². The lowest BCUT2D eigenvalue weighted by Crippen LogP contribution is -2.56. The molecule has 0 aliphatic carbocycles. The van der Waals surface area contributed by atoms with Crippen LogP contribution in [0.5, 0.6) is 0 Å². The van der Waals surface area contributed by atoms with Crippen LogP contribution in [0.15, 0.2) is 34.9 Å². The van der Waals surface area contributed by atoms with E-state index in [4.69, 9.17) is 4.52 Å². The molecule has 1 N–H and O–H groups in total. The molecule has 2 aromatic rings. The Morgan fingerprint density at radius 3 is 2.96 bits per heavy atom. The molecule has 0 spiro atoms. The quantitative estimate of drug-likeness (QED) is 0.873. The number of rotatable bonds is 5. The topological polar surface area (TPSA) is 74.5 Å². The van der Waals surface area contributed by atoms with Gasteiger partial charge in [-0.05, 0) is 13.0 Å². The van der Waals surface area contributed by atoms with Crippen molar-refractivity contribution in [2.24, 2.45) is 0 Å². The molecule has 1 aromatic carbocycles. The summed E-state index contributed by atoms with van der Waals surface area (Å²) in [5.41, 5.74) is 0.926. The van der Waals surface area contributed by atoms with Gasteiger partial charge in [0.2, 0.25) is 17.6 Å². The zero-order chi connectivity index (χ0) is 17.9. The third-order valence-electron chi connectivity index (χ3n) is 5.28. The summed E-state index contributed by atoms with van der Waals surface area (Å²) < 4.78 is 5.40. The molecule has 5 rings (SSSR count). The minimum Gasteiger partial charge on any atom is -0.354 e. The van der Waals surface area contributed by atoms with Gasteiger partial charge in [0.25, 0.3) is 0 Å². The first-order chi connectivity index (χ1) is 12.7. The number of carbonyl (C=O) groups excluding carboxylic acids is 1. The Labute approximate surface area is 153 Å². The fraction of sp³-hybridized carbons (Fsp3) is 0.526. The molecular formula is C19H25N5O2. The molecule has 4 heterocycles. The number of carbonyl (C=O) groups is 1. The minimum absolute atomic E-state index is 0.0258. The Kier molecular flexibility index (Phi) is 4.99. The van der Waals surface area contributed by atoms with Crippen molar-refractivity contribution < 1.29 is 9.32 Å². The lowest BCUT2D eigenvalue weighted by molar-refractivity contribution is -0.128. The number of piperazine rings is 1. The predicted octanol–water partition coefficient (Wildman–Crippen LogP) is 1.35. The van der Waals surface area contributed by atoms with Crippen LogP contribution >= 0.6 is 0 Å². The van der Waals surface area contributed by atoms with Gasteiger partial charge in [0, 0.05) is 38.3 Å². The number of benzene rings is 1. The first-order valence-electron chi connectivity index (χ1n) is 9.34. The number of aromatic nitrogens is 2. The summed E-state index contributed by atoms with van der Waals surface area (Å²) in [5, 5.41) is 7.13. The van der Waals surface area contributed by atoms with Crippen LogP contribution in [0.2, 0.25) is 0 Å². The van der Waals surface area contributed by atoms with Crippen molar-refractivity contribution in [2.45, 2.75) is 25.3 Å². The lowest BCUT2D eigenvalue weighted by atomic mass is 10.1. The van der Waals surface area contributed by atoms with Gasteiger partial charge in [-0.2, -0.15) is 4.98 Å². The number of hydrogen-bond donors (Lipinski definition) is 1. The second kappa shape index (κ2) is 7.55. The van der Waals surface area contributed by atoms with Gasteiger partial charge in [-0.15, -0.1) is 0 Å². The van der Waals surface area contributed by atoms with E-state index in [0.717, 1.165) is 44.7 Å². The van der Waals surface area contributed by atoms with E-state index in [1.54, 1.807) is 0 Å². The van der Waals surface area contributed by atoms with E-state index in [1.165, 1.54) is 0 Å². The standard InChI is InChI=1S/C19H25N5O2/c1-14(19-21-17(22-26-19)15-6-3-2-4-7-15)12-20-18(25)16-13-23-8-5-9-24(16)11-10-23/h2-4,6-7,14,16H,5,8-13H2,1H3,(H,20,25). The van der Waals surface area contributed by atoms with Gasteiger partial charge >= 0.3 is 0 Å². The largest absolute Gasteiger partial charge is 0.354 e. The van der Waals surface area contributed by atoms with Crippen LogP contribution < -0.4 is 5.32 Å². The number of nitrogens with zero attached hydrogens (tertiary/aromatic N) is 4.